The van der Waals surface area contributed by atoms with Crippen molar-refractivity contribution in [1.82, 2.24) is 0 Å². The second-order valence-electron chi connectivity index (χ2n) is 3.96. The number of rotatable bonds is 3. The lowest BCUT2D eigenvalue weighted by molar-refractivity contribution is 0.0991. The van der Waals surface area contributed by atoms with E-state index in [0.29, 0.717) is 14.5 Å². The van der Waals surface area contributed by atoms with Crippen LogP contribution in [0.5, 0.6) is 0 Å². The van der Waals surface area contributed by atoms with E-state index in [2.05, 4.69) is 31.9 Å². The molecule has 0 aliphatic carbocycles. The van der Waals surface area contributed by atoms with E-state index in [1.54, 1.807) is 6.07 Å². The van der Waals surface area contributed by atoms with Gasteiger partial charge in [-0.2, -0.15) is 0 Å². The summed E-state index contributed by atoms with van der Waals surface area (Å²) >= 11 is 6.46. The molecular formula is C14H8Br2F2O. The first-order valence-electron chi connectivity index (χ1n) is 5.39. The van der Waals surface area contributed by atoms with Crippen LogP contribution in [0.2, 0.25) is 0 Å². The third-order valence-electron chi connectivity index (χ3n) is 2.59. The molecule has 2 aromatic carbocycles. The summed E-state index contributed by atoms with van der Waals surface area (Å²) in [6.07, 6.45) is 0.000394. The van der Waals surface area contributed by atoms with Gasteiger partial charge >= 0.3 is 0 Å². The molecule has 0 aliphatic rings. The van der Waals surface area contributed by atoms with Crippen molar-refractivity contribution in [2.24, 2.45) is 0 Å². The van der Waals surface area contributed by atoms with Gasteiger partial charge in [-0.25, -0.2) is 8.78 Å². The highest BCUT2D eigenvalue weighted by Crippen LogP contribution is 2.23. The summed E-state index contributed by atoms with van der Waals surface area (Å²) < 4.78 is 27.5. The summed E-state index contributed by atoms with van der Waals surface area (Å²) in [5.41, 5.74) is 0.775. The number of benzene rings is 2. The molecular weight excluding hydrogens is 382 g/mol. The molecule has 0 unspecified atom stereocenters. The van der Waals surface area contributed by atoms with Crippen LogP contribution in [0.1, 0.15) is 15.9 Å². The van der Waals surface area contributed by atoms with Crippen LogP contribution in [-0.4, -0.2) is 5.78 Å². The molecule has 0 spiro atoms. The topological polar surface area (TPSA) is 17.1 Å². The predicted octanol–water partition coefficient (Wildman–Crippen LogP) is 4.92. The van der Waals surface area contributed by atoms with Crippen molar-refractivity contribution in [3.63, 3.8) is 0 Å². The zero-order chi connectivity index (χ0) is 14.0. The van der Waals surface area contributed by atoms with Crippen LogP contribution >= 0.6 is 31.9 Å². The van der Waals surface area contributed by atoms with Gasteiger partial charge in [0.05, 0.1) is 0 Å². The average Bonchev–Trinajstić information content (AvgIpc) is 2.36. The van der Waals surface area contributed by atoms with E-state index in [-0.39, 0.29) is 17.8 Å². The number of carbonyl (C=O) groups excluding carboxylic acids is 1. The Morgan fingerprint density at radius 3 is 2.21 bits per heavy atom. The van der Waals surface area contributed by atoms with Gasteiger partial charge in [0.15, 0.2) is 5.78 Å². The number of carbonyl (C=O) groups is 1. The molecule has 0 aromatic heterocycles. The molecule has 1 nitrogen and oxygen atoms in total. The van der Waals surface area contributed by atoms with Crippen LogP contribution in [0.15, 0.2) is 45.3 Å². The molecule has 19 heavy (non-hydrogen) atoms. The van der Waals surface area contributed by atoms with Crippen LogP contribution < -0.4 is 0 Å². The lowest BCUT2D eigenvalue weighted by Crippen LogP contribution is -2.06. The quantitative estimate of drug-likeness (QED) is 0.681. The molecule has 0 saturated heterocycles. The molecule has 0 saturated carbocycles. The molecule has 5 heteroatoms. The number of ketones is 1. The van der Waals surface area contributed by atoms with Crippen molar-refractivity contribution < 1.29 is 13.6 Å². The van der Waals surface area contributed by atoms with Gasteiger partial charge in [0.1, 0.15) is 11.6 Å². The third-order valence-corrected chi connectivity index (χ3v) is 4.05. The molecule has 0 radical (unpaired) electrons. The second kappa shape index (κ2) is 5.92. The smallest absolute Gasteiger partial charge is 0.168 e. The highest BCUT2D eigenvalue weighted by atomic mass is 79.9. The maximum atomic E-state index is 13.1. The summed E-state index contributed by atoms with van der Waals surface area (Å²) in [7, 11) is 0. The Kier molecular flexibility index (Phi) is 4.47. The van der Waals surface area contributed by atoms with Gasteiger partial charge in [0.25, 0.3) is 0 Å². The maximum Gasteiger partial charge on any atom is 0.168 e. The van der Waals surface area contributed by atoms with E-state index in [0.717, 1.165) is 0 Å². The Labute approximate surface area is 125 Å². The van der Waals surface area contributed by atoms with Gasteiger partial charge in [-0.3, -0.25) is 4.79 Å². The van der Waals surface area contributed by atoms with E-state index < -0.39 is 11.6 Å². The second-order valence-corrected chi connectivity index (χ2v) is 5.67. The first kappa shape index (κ1) is 14.3. The lowest BCUT2D eigenvalue weighted by atomic mass is 10.0. The molecule has 0 bridgehead atoms. The Bertz CT molecular complexity index is 641. The molecule has 0 amide bonds. The summed E-state index contributed by atoms with van der Waals surface area (Å²) in [5, 5.41) is 0. The minimum Gasteiger partial charge on any atom is -0.294 e. The standard InChI is InChI=1S/C14H8Br2F2O/c15-12-3-1-9(17)5-8(12)6-14(19)11-7-10(18)2-4-13(11)16/h1-5,7H,6H2. The Morgan fingerprint density at radius 1 is 0.947 bits per heavy atom. The Morgan fingerprint density at radius 2 is 1.53 bits per heavy atom. The normalized spacial score (nSPS) is 10.5. The van der Waals surface area contributed by atoms with E-state index >= 15 is 0 Å². The fourth-order valence-electron chi connectivity index (χ4n) is 1.66. The van der Waals surface area contributed by atoms with Crippen molar-refractivity contribution in [3.05, 3.63) is 68.1 Å². The third kappa shape index (κ3) is 3.48. The van der Waals surface area contributed by atoms with Gasteiger partial charge < -0.3 is 0 Å². The average molecular weight is 390 g/mol. The number of hydrogen-bond acceptors (Lipinski definition) is 1. The summed E-state index contributed by atoms with van der Waals surface area (Å²) in [6, 6.07) is 8.03. The van der Waals surface area contributed by atoms with Crippen LogP contribution in [0, 0.1) is 11.6 Å². The van der Waals surface area contributed by atoms with Crippen molar-refractivity contribution in [3.8, 4) is 0 Å². The van der Waals surface area contributed by atoms with Crippen LogP contribution in [0.3, 0.4) is 0 Å². The zero-order valence-corrected chi connectivity index (χ0v) is 12.8. The Hall–Kier alpha value is -1.07. The van der Waals surface area contributed by atoms with Gasteiger partial charge in [-0.15, -0.1) is 0 Å². The minimum atomic E-state index is -0.482. The molecule has 0 heterocycles. The predicted molar refractivity (Wildman–Crippen MR) is 76.2 cm³/mol. The molecule has 0 fully saturated rings. The number of halogens is 4. The summed E-state index contributed by atoms with van der Waals surface area (Å²) in [6.45, 7) is 0. The largest absolute Gasteiger partial charge is 0.294 e. The van der Waals surface area contributed by atoms with E-state index in [1.807, 2.05) is 0 Å². The van der Waals surface area contributed by atoms with Gasteiger partial charge in [0, 0.05) is 20.9 Å². The van der Waals surface area contributed by atoms with Crippen molar-refractivity contribution in [1.29, 1.82) is 0 Å². The molecule has 2 rings (SSSR count). The maximum absolute atomic E-state index is 13.1. The highest BCUT2D eigenvalue weighted by Gasteiger charge is 2.14. The molecule has 98 valence electrons. The van der Waals surface area contributed by atoms with Crippen molar-refractivity contribution >= 4 is 37.6 Å². The van der Waals surface area contributed by atoms with Crippen LogP contribution in [-0.2, 0) is 6.42 Å². The van der Waals surface area contributed by atoms with Gasteiger partial charge in [0.2, 0.25) is 0 Å². The number of hydrogen-bond donors (Lipinski definition) is 0. The summed E-state index contributed by atoms with van der Waals surface area (Å²) in [4.78, 5) is 12.1. The molecule has 0 N–H and O–H groups in total. The van der Waals surface area contributed by atoms with E-state index in [4.69, 9.17) is 0 Å². The molecule has 0 atom stereocenters. The van der Waals surface area contributed by atoms with Crippen molar-refractivity contribution in [2.75, 3.05) is 0 Å². The SMILES string of the molecule is O=C(Cc1cc(F)ccc1Br)c1cc(F)ccc1Br. The van der Waals surface area contributed by atoms with Gasteiger partial charge in [-0.1, -0.05) is 31.9 Å². The first-order chi connectivity index (χ1) is 8.97. The van der Waals surface area contributed by atoms with Gasteiger partial charge in [-0.05, 0) is 42.0 Å². The molecule has 2 aromatic rings. The highest BCUT2D eigenvalue weighted by molar-refractivity contribution is 9.10. The van der Waals surface area contributed by atoms with E-state index in [9.17, 15) is 13.6 Å². The zero-order valence-electron chi connectivity index (χ0n) is 9.59. The van der Waals surface area contributed by atoms with E-state index in [1.165, 1.54) is 30.3 Å². The lowest BCUT2D eigenvalue weighted by Gasteiger charge is -2.06. The first-order valence-corrected chi connectivity index (χ1v) is 6.98. The fourth-order valence-corrected chi connectivity index (χ4v) is 2.51. The monoisotopic (exact) mass is 388 g/mol. The minimum absolute atomic E-state index is 0.000394. The number of Topliss-reactive ketones (excluding diaryl/α,β-unsaturated/α-hetero) is 1. The van der Waals surface area contributed by atoms with Crippen LogP contribution in [0.4, 0.5) is 8.78 Å². The van der Waals surface area contributed by atoms with Crippen molar-refractivity contribution in [2.45, 2.75) is 6.42 Å². The molecule has 0 aliphatic heterocycles. The van der Waals surface area contributed by atoms with Crippen LogP contribution in [0.25, 0.3) is 0 Å². The Balaban J connectivity index is 2.30. The summed E-state index contributed by atoms with van der Waals surface area (Å²) in [5.74, 6) is -1.17. The fraction of sp³-hybridized carbons (Fsp3) is 0.0714.